The number of aromatic amines is 1. The van der Waals surface area contributed by atoms with Gasteiger partial charge in [0.05, 0.1) is 12.2 Å². The highest BCUT2D eigenvalue weighted by atomic mass is 16.5. The number of aromatic nitrogens is 1. The van der Waals surface area contributed by atoms with E-state index in [9.17, 15) is 14.4 Å². The minimum atomic E-state index is -0.431. The van der Waals surface area contributed by atoms with Gasteiger partial charge in [0.2, 0.25) is 5.91 Å². The quantitative estimate of drug-likeness (QED) is 0.697. The van der Waals surface area contributed by atoms with E-state index in [1.54, 1.807) is 13.8 Å². The van der Waals surface area contributed by atoms with E-state index in [0.29, 0.717) is 54.5 Å². The normalized spacial score (nSPS) is 18.3. The average molecular weight is 433 g/mol. The highest BCUT2D eigenvalue weighted by Gasteiger charge is 2.30. The van der Waals surface area contributed by atoms with E-state index in [1.807, 2.05) is 16.7 Å². The van der Waals surface area contributed by atoms with Crippen molar-refractivity contribution >= 4 is 17.8 Å². The Labute approximate surface area is 184 Å². The second-order valence-corrected chi connectivity index (χ2v) is 8.60. The molecule has 8 heteroatoms. The summed E-state index contributed by atoms with van der Waals surface area (Å²) in [5.41, 5.74) is 2.25. The van der Waals surface area contributed by atoms with E-state index in [1.165, 1.54) is 0 Å². The van der Waals surface area contributed by atoms with E-state index >= 15 is 0 Å². The molecule has 2 aliphatic rings. The molecule has 0 radical (unpaired) electrons. The van der Waals surface area contributed by atoms with Crippen LogP contribution in [0.5, 0.6) is 0 Å². The number of esters is 1. The lowest BCUT2D eigenvalue weighted by atomic mass is 9.92. The second-order valence-electron chi connectivity index (χ2n) is 8.60. The summed E-state index contributed by atoms with van der Waals surface area (Å²) in [6.45, 7) is 13.7. The Bertz CT molecular complexity index is 803. The van der Waals surface area contributed by atoms with Crippen LogP contribution in [0.2, 0.25) is 0 Å². The van der Waals surface area contributed by atoms with Crippen LogP contribution in [0.3, 0.4) is 0 Å². The third kappa shape index (κ3) is 5.29. The molecule has 2 amide bonds. The Morgan fingerprint density at radius 1 is 0.968 bits per heavy atom. The van der Waals surface area contributed by atoms with E-state index in [4.69, 9.17) is 4.74 Å². The van der Waals surface area contributed by atoms with Crippen molar-refractivity contribution < 1.29 is 19.1 Å². The van der Waals surface area contributed by atoms with Gasteiger partial charge in [-0.3, -0.25) is 9.59 Å². The third-order valence-electron chi connectivity index (χ3n) is 6.67. The summed E-state index contributed by atoms with van der Waals surface area (Å²) in [6, 6.07) is 0. The van der Waals surface area contributed by atoms with Gasteiger partial charge >= 0.3 is 5.97 Å². The maximum atomic E-state index is 13.1. The fraction of sp³-hybridized carbons (Fsp3) is 0.696. The van der Waals surface area contributed by atoms with E-state index in [2.05, 4.69) is 16.8 Å². The molecule has 1 aromatic rings. The van der Waals surface area contributed by atoms with Gasteiger partial charge in [0.1, 0.15) is 5.69 Å². The number of hydrogen-bond donors (Lipinski definition) is 1. The zero-order chi connectivity index (χ0) is 22.5. The third-order valence-corrected chi connectivity index (χ3v) is 6.67. The number of carbonyl (C=O) groups excluding carboxylic acids is 3. The molecular weight excluding hydrogens is 396 g/mol. The van der Waals surface area contributed by atoms with Gasteiger partial charge in [-0.15, -0.1) is 0 Å². The number of H-pyrrole nitrogens is 1. The minimum Gasteiger partial charge on any atom is -0.461 e. The molecule has 0 atom stereocenters. The molecule has 8 nitrogen and oxygen atoms in total. The van der Waals surface area contributed by atoms with Crippen molar-refractivity contribution in [2.75, 3.05) is 52.4 Å². The first-order chi connectivity index (χ1) is 14.8. The number of nitrogens with one attached hydrogen (secondary N) is 1. The van der Waals surface area contributed by atoms with E-state index in [0.717, 1.165) is 45.6 Å². The van der Waals surface area contributed by atoms with Crippen LogP contribution >= 0.6 is 0 Å². The van der Waals surface area contributed by atoms with Crippen molar-refractivity contribution in [2.45, 2.75) is 47.0 Å². The van der Waals surface area contributed by atoms with Crippen molar-refractivity contribution in [3.63, 3.8) is 0 Å². The van der Waals surface area contributed by atoms with Gasteiger partial charge in [-0.25, -0.2) is 4.79 Å². The van der Waals surface area contributed by atoms with Gasteiger partial charge in [-0.05, 0) is 51.6 Å². The zero-order valence-corrected chi connectivity index (χ0v) is 19.3. The SMILES string of the molecule is CCOC(=O)c1[nH]c(C)c(C(=O)N2CCC(CC(=O)N3CCN(CC)CC3)CC2)c1C. The molecule has 172 valence electrons. The van der Waals surface area contributed by atoms with Crippen molar-refractivity contribution in [3.05, 3.63) is 22.5 Å². The lowest BCUT2D eigenvalue weighted by Gasteiger charge is -2.36. The first-order valence-electron chi connectivity index (χ1n) is 11.5. The van der Waals surface area contributed by atoms with Gasteiger partial charge in [0, 0.05) is 51.4 Å². The lowest BCUT2D eigenvalue weighted by molar-refractivity contribution is -0.134. The molecule has 0 unspecified atom stereocenters. The van der Waals surface area contributed by atoms with E-state index in [-0.39, 0.29) is 11.8 Å². The number of aryl methyl sites for hydroxylation is 1. The number of amides is 2. The summed E-state index contributed by atoms with van der Waals surface area (Å²) in [6.07, 6.45) is 2.24. The maximum Gasteiger partial charge on any atom is 0.355 e. The number of likely N-dealkylation sites (tertiary alicyclic amines) is 1. The predicted molar refractivity (Wildman–Crippen MR) is 118 cm³/mol. The van der Waals surface area contributed by atoms with Crippen LogP contribution in [0, 0.1) is 19.8 Å². The average Bonchev–Trinajstić information content (AvgIpc) is 3.08. The summed E-state index contributed by atoms with van der Waals surface area (Å²) in [5.74, 6) is 0.0857. The Hall–Kier alpha value is -2.35. The van der Waals surface area contributed by atoms with Crippen LogP contribution in [0.1, 0.15) is 65.2 Å². The summed E-state index contributed by atoms with van der Waals surface area (Å²) in [5, 5.41) is 0. The van der Waals surface area contributed by atoms with E-state index < -0.39 is 5.97 Å². The number of nitrogens with zero attached hydrogens (tertiary/aromatic N) is 3. The van der Waals surface area contributed by atoms with Crippen molar-refractivity contribution in [2.24, 2.45) is 5.92 Å². The number of carbonyl (C=O) groups is 3. The molecule has 1 aromatic heterocycles. The number of hydrogen-bond acceptors (Lipinski definition) is 5. The molecule has 3 rings (SSSR count). The lowest BCUT2D eigenvalue weighted by Crippen LogP contribution is -2.49. The molecule has 0 bridgehead atoms. The highest BCUT2D eigenvalue weighted by Crippen LogP contribution is 2.26. The van der Waals surface area contributed by atoms with Crippen molar-refractivity contribution in [3.8, 4) is 0 Å². The fourth-order valence-electron chi connectivity index (χ4n) is 4.67. The maximum absolute atomic E-state index is 13.1. The Morgan fingerprint density at radius 3 is 2.19 bits per heavy atom. The fourth-order valence-corrected chi connectivity index (χ4v) is 4.67. The van der Waals surface area contributed by atoms with Crippen molar-refractivity contribution in [1.82, 2.24) is 19.7 Å². The molecule has 0 aromatic carbocycles. The van der Waals surface area contributed by atoms with Crippen LogP contribution in [0.4, 0.5) is 0 Å². The molecule has 1 N–H and O–H groups in total. The zero-order valence-electron chi connectivity index (χ0n) is 19.3. The molecule has 0 spiro atoms. The summed E-state index contributed by atoms with van der Waals surface area (Å²) >= 11 is 0. The molecule has 31 heavy (non-hydrogen) atoms. The molecule has 2 fully saturated rings. The van der Waals surface area contributed by atoms with Gasteiger partial charge in [-0.1, -0.05) is 6.92 Å². The predicted octanol–water partition coefficient (Wildman–Crippen LogP) is 2.21. The highest BCUT2D eigenvalue weighted by molar-refractivity contribution is 6.01. The topological polar surface area (TPSA) is 85.9 Å². The number of piperazine rings is 1. The summed E-state index contributed by atoms with van der Waals surface area (Å²) in [7, 11) is 0. The monoisotopic (exact) mass is 432 g/mol. The Kier molecular flexibility index (Phi) is 7.75. The largest absolute Gasteiger partial charge is 0.461 e. The van der Waals surface area contributed by atoms with Crippen LogP contribution in [-0.2, 0) is 9.53 Å². The second kappa shape index (κ2) is 10.3. The molecule has 2 aliphatic heterocycles. The summed E-state index contributed by atoms with van der Waals surface area (Å²) < 4.78 is 5.08. The van der Waals surface area contributed by atoms with Crippen molar-refractivity contribution in [1.29, 1.82) is 0 Å². The molecule has 0 saturated carbocycles. The van der Waals surface area contributed by atoms with Gasteiger partial charge < -0.3 is 24.4 Å². The number of likely N-dealkylation sites (N-methyl/N-ethyl adjacent to an activating group) is 1. The number of piperidine rings is 1. The standard InChI is InChI=1S/C23H36N4O4/c1-5-25-11-13-26(14-12-25)19(28)15-18-7-9-27(10-8-18)22(29)20-16(3)21(24-17(20)4)23(30)31-6-2/h18,24H,5-15H2,1-4H3. The molecule has 3 heterocycles. The van der Waals surface area contributed by atoms with Crippen LogP contribution in [-0.4, -0.2) is 89.9 Å². The molecule has 0 aliphatic carbocycles. The smallest absolute Gasteiger partial charge is 0.355 e. The van der Waals surface area contributed by atoms with Crippen LogP contribution < -0.4 is 0 Å². The van der Waals surface area contributed by atoms with Crippen LogP contribution in [0.25, 0.3) is 0 Å². The number of rotatable bonds is 6. The van der Waals surface area contributed by atoms with Gasteiger partial charge in [0.25, 0.3) is 5.91 Å². The molecular formula is C23H36N4O4. The van der Waals surface area contributed by atoms with Gasteiger partial charge in [-0.2, -0.15) is 0 Å². The first-order valence-corrected chi connectivity index (χ1v) is 11.5. The first kappa shape index (κ1) is 23.3. The minimum absolute atomic E-state index is 0.0535. The van der Waals surface area contributed by atoms with Crippen LogP contribution in [0.15, 0.2) is 0 Å². The molecule has 2 saturated heterocycles. The Morgan fingerprint density at radius 2 is 1.61 bits per heavy atom. The Balaban J connectivity index is 1.53. The summed E-state index contributed by atoms with van der Waals surface area (Å²) in [4.78, 5) is 47.2. The van der Waals surface area contributed by atoms with Gasteiger partial charge in [0.15, 0.2) is 0 Å². The number of ether oxygens (including phenoxy) is 1.